The molecule has 0 saturated carbocycles. The zero-order chi connectivity index (χ0) is 9.10. The standard InChI is InChI=1S/C8H11N3O2/c1-12-7-2-3-10-8(11-7)13-6-4-9-5-6/h2-3,6,9H,4-5H2,1H3. The highest BCUT2D eigenvalue weighted by Crippen LogP contribution is 2.11. The van der Waals surface area contributed by atoms with Gasteiger partial charge in [-0.25, -0.2) is 4.98 Å². The Morgan fingerprint density at radius 1 is 1.54 bits per heavy atom. The lowest BCUT2D eigenvalue weighted by Gasteiger charge is -2.26. The summed E-state index contributed by atoms with van der Waals surface area (Å²) < 4.78 is 10.4. The molecule has 0 atom stereocenters. The van der Waals surface area contributed by atoms with Crippen molar-refractivity contribution in [3.8, 4) is 11.9 Å². The highest BCUT2D eigenvalue weighted by Gasteiger charge is 2.19. The fourth-order valence-corrected chi connectivity index (χ4v) is 0.990. The quantitative estimate of drug-likeness (QED) is 0.702. The lowest BCUT2D eigenvalue weighted by atomic mass is 10.2. The van der Waals surface area contributed by atoms with Gasteiger partial charge in [0.1, 0.15) is 6.10 Å². The minimum atomic E-state index is 0.201. The van der Waals surface area contributed by atoms with Crippen LogP contribution in [0.4, 0.5) is 0 Å². The van der Waals surface area contributed by atoms with Crippen LogP contribution in [-0.4, -0.2) is 36.3 Å². The second-order valence-corrected chi connectivity index (χ2v) is 2.78. The molecule has 0 spiro atoms. The highest BCUT2D eigenvalue weighted by atomic mass is 16.5. The number of aromatic nitrogens is 2. The van der Waals surface area contributed by atoms with E-state index in [1.165, 1.54) is 0 Å². The van der Waals surface area contributed by atoms with Crippen LogP contribution in [0.5, 0.6) is 11.9 Å². The van der Waals surface area contributed by atoms with E-state index in [1.807, 2.05) is 0 Å². The fourth-order valence-electron chi connectivity index (χ4n) is 0.990. The van der Waals surface area contributed by atoms with Crippen LogP contribution in [0.2, 0.25) is 0 Å². The molecule has 5 heteroatoms. The molecule has 2 heterocycles. The number of nitrogens with zero attached hydrogens (tertiary/aromatic N) is 2. The van der Waals surface area contributed by atoms with E-state index in [2.05, 4.69) is 15.3 Å². The Morgan fingerprint density at radius 2 is 2.38 bits per heavy atom. The van der Waals surface area contributed by atoms with E-state index in [4.69, 9.17) is 9.47 Å². The normalized spacial score (nSPS) is 16.4. The van der Waals surface area contributed by atoms with Gasteiger partial charge in [0.15, 0.2) is 0 Å². The maximum atomic E-state index is 5.43. The molecule has 1 fully saturated rings. The molecule has 0 bridgehead atoms. The van der Waals surface area contributed by atoms with Crippen molar-refractivity contribution in [1.82, 2.24) is 15.3 Å². The minimum Gasteiger partial charge on any atom is -0.481 e. The number of ether oxygens (including phenoxy) is 2. The Kier molecular flexibility index (Phi) is 2.27. The van der Waals surface area contributed by atoms with E-state index in [0.29, 0.717) is 11.9 Å². The van der Waals surface area contributed by atoms with Crippen LogP contribution < -0.4 is 14.8 Å². The van der Waals surface area contributed by atoms with Crippen LogP contribution in [-0.2, 0) is 0 Å². The van der Waals surface area contributed by atoms with Crippen molar-refractivity contribution < 1.29 is 9.47 Å². The van der Waals surface area contributed by atoms with Gasteiger partial charge in [0.05, 0.1) is 7.11 Å². The van der Waals surface area contributed by atoms with Crippen LogP contribution in [0.15, 0.2) is 12.3 Å². The van der Waals surface area contributed by atoms with Crippen molar-refractivity contribution in [1.29, 1.82) is 0 Å². The van der Waals surface area contributed by atoms with E-state index in [1.54, 1.807) is 19.4 Å². The third-order valence-electron chi connectivity index (χ3n) is 1.83. The van der Waals surface area contributed by atoms with E-state index < -0.39 is 0 Å². The summed E-state index contributed by atoms with van der Waals surface area (Å²) in [6, 6.07) is 2.07. The van der Waals surface area contributed by atoms with Gasteiger partial charge in [0.2, 0.25) is 5.88 Å². The molecule has 1 N–H and O–H groups in total. The third kappa shape index (κ3) is 1.86. The summed E-state index contributed by atoms with van der Waals surface area (Å²) in [4.78, 5) is 8.00. The summed E-state index contributed by atoms with van der Waals surface area (Å²) in [5, 5.41) is 3.10. The van der Waals surface area contributed by atoms with Crippen molar-refractivity contribution in [2.24, 2.45) is 0 Å². The average molecular weight is 181 g/mol. The van der Waals surface area contributed by atoms with E-state index in [9.17, 15) is 0 Å². The SMILES string of the molecule is COc1ccnc(OC2CNC2)n1. The highest BCUT2D eigenvalue weighted by molar-refractivity contribution is 5.11. The first-order chi connectivity index (χ1) is 6.38. The number of methoxy groups -OCH3 is 1. The summed E-state index contributed by atoms with van der Waals surface area (Å²) in [6.07, 6.45) is 1.82. The first-order valence-corrected chi connectivity index (χ1v) is 4.13. The summed E-state index contributed by atoms with van der Waals surface area (Å²) in [7, 11) is 1.57. The Balaban J connectivity index is 2.01. The molecule has 1 aromatic heterocycles. The van der Waals surface area contributed by atoms with Crippen LogP contribution in [0.3, 0.4) is 0 Å². The molecule has 13 heavy (non-hydrogen) atoms. The second kappa shape index (κ2) is 3.57. The summed E-state index contributed by atoms with van der Waals surface area (Å²) in [5.41, 5.74) is 0. The molecular formula is C8H11N3O2. The van der Waals surface area contributed by atoms with Crippen molar-refractivity contribution in [2.45, 2.75) is 6.10 Å². The Labute approximate surface area is 76.1 Å². The zero-order valence-electron chi connectivity index (χ0n) is 7.36. The summed E-state index contributed by atoms with van der Waals surface area (Å²) in [6.45, 7) is 1.72. The molecule has 1 saturated heterocycles. The Bertz CT molecular complexity index is 288. The Hall–Kier alpha value is -1.36. The first kappa shape index (κ1) is 8.25. The van der Waals surface area contributed by atoms with Gasteiger partial charge in [-0.3, -0.25) is 0 Å². The summed E-state index contributed by atoms with van der Waals surface area (Å²) in [5.74, 6) is 0.525. The van der Waals surface area contributed by atoms with Gasteiger partial charge in [0.25, 0.3) is 0 Å². The van der Waals surface area contributed by atoms with Crippen LogP contribution in [0, 0.1) is 0 Å². The van der Waals surface area contributed by atoms with E-state index in [0.717, 1.165) is 13.1 Å². The average Bonchev–Trinajstić information content (AvgIpc) is 2.12. The van der Waals surface area contributed by atoms with E-state index in [-0.39, 0.29) is 6.10 Å². The van der Waals surface area contributed by atoms with E-state index >= 15 is 0 Å². The van der Waals surface area contributed by atoms with Gasteiger partial charge in [-0.15, -0.1) is 0 Å². The van der Waals surface area contributed by atoms with Gasteiger partial charge in [-0.2, -0.15) is 4.98 Å². The maximum Gasteiger partial charge on any atom is 0.320 e. The number of rotatable bonds is 3. The molecule has 2 rings (SSSR count). The Morgan fingerprint density at radius 3 is 3.00 bits per heavy atom. The number of hydrogen-bond acceptors (Lipinski definition) is 5. The van der Waals surface area contributed by atoms with Gasteiger partial charge in [-0.05, 0) is 0 Å². The predicted molar refractivity (Wildman–Crippen MR) is 45.9 cm³/mol. The molecule has 0 unspecified atom stereocenters. The second-order valence-electron chi connectivity index (χ2n) is 2.78. The van der Waals surface area contributed by atoms with Crippen LogP contribution >= 0.6 is 0 Å². The number of nitrogens with one attached hydrogen (secondary N) is 1. The molecule has 0 aliphatic carbocycles. The summed E-state index contributed by atoms with van der Waals surface area (Å²) >= 11 is 0. The molecule has 70 valence electrons. The molecule has 0 amide bonds. The predicted octanol–water partition coefficient (Wildman–Crippen LogP) is -0.164. The molecule has 0 radical (unpaired) electrons. The van der Waals surface area contributed by atoms with Crippen molar-refractivity contribution >= 4 is 0 Å². The lowest BCUT2D eigenvalue weighted by Crippen LogP contribution is -2.50. The largest absolute Gasteiger partial charge is 0.481 e. The van der Waals surface area contributed by atoms with Gasteiger partial charge in [-0.1, -0.05) is 0 Å². The molecule has 1 aromatic rings. The monoisotopic (exact) mass is 181 g/mol. The molecule has 5 nitrogen and oxygen atoms in total. The van der Waals surface area contributed by atoms with Crippen molar-refractivity contribution in [3.63, 3.8) is 0 Å². The van der Waals surface area contributed by atoms with Gasteiger partial charge >= 0.3 is 6.01 Å². The fraction of sp³-hybridized carbons (Fsp3) is 0.500. The molecule has 0 aromatic carbocycles. The molecular weight excluding hydrogens is 170 g/mol. The molecule has 1 aliphatic rings. The van der Waals surface area contributed by atoms with Crippen LogP contribution in [0.25, 0.3) is 0 Å². The minimum absolute atomic E-state index is 0.201. The molecule has 1 aliphatic heterocycles. The topological polar surface area (TPSA) is 56.3 Å². The first-order valence-electron chi connectivity index (χ1n) is 4.13. The van der Waals surface area contributed by atoms with Crippen LogP contribution in [0.1, 0.15) is 0 Å². The third-order valence-corrected chi connectivity index (χ3v) is 1.83. The smallest absolute Gasteiger partial charge is 0.320 e. The van der Waals surface area contributed by atoms with Gasteiger partial charge < -0.3 is 14.8 Å². The van der Waals surface area contributed by atoms with Crippen molar-refractivity contribution in [3.05, 3.63) is 12.3 Å². The zero-order valence-corrected chi connectivity index (χ0v) is 7.36. The maximum absolute atomic E-state index is 5.43. The van der Waals surface area contributed by atoms with Crippen molar-refractivity contribution in [2.75, 3.05) is 20.2 Å². The number of hydrogen-bond donors (Lipinski definition) is 1. The van der Waals surface area contributed by atoms with Gasteiger partial charge in [0, 0.05) is 25.4 Å². The lowest BCUT2D eigenvalue weighted by molar-refractivity contribution is 0.128.